The Morgan fingerprint density at radius 2 is 2.27 bits per heavy atom. The average molecular weight is 210 g/mol. The molecule has 0 saturated heterocycles. The average Bonchev–Trinajstić information content (AvgIpc) is 2.18. The first-order valence-electron chi connectivity index (χ1n) is 4.27. The Balaban J connectivity index is 3.20. The predicted molar refractivity (Wildman–Crippen MR) is 52.8 cm³/mol. The number of hydrogen-bond donors (Lipinski definition) is 1. The number of benzene rings is 1. The molecular weight excluding hydrogens is 200 g/mol. The number of nitro groups is 1. The van der Waals surface area contributed by atoms with Gasteiger partial charge in [0.15, 0.2) is 0 Å². The Hall–Kier alpha value is -2.11. The minimum Gasteiger partial charge on any atom is -0.493 e. The SMILES string of the molecule is CCOc1ccc([N+](=O)[O-])cc1C(N)=O. The first-order valence-corrected chi connectivity index (χ1v) is 4.27. The molecule has 15 heavy (non-hydrogen) atoms. The van der Waals surface area contributed by atoms with Gasteiger partial charge in [0.1, 0.15) is 5.75 Å². The van der Waals surface area contributed by atoms with Gasteiger partial charge < -0.3 is 10.5 Å². The smallest absolute Gasteiger partial charge is 0.270 e. The largest absolute Gasteiger partial charge is 0.493 e. The number of nitrogens with two attached hydrogens (primary N) is 1. The molecule has 1 amide bonds. The quantitative estimate of drug-likeness (QED) is 0.594. The van der Waals surface area contributed by atoms with Crippen LogP contribution in [0.2, 0.25) is 0 Å². The molecule has 6 nitrogen and oxygen atoms in total. The van der Waals surface area contributed by atoms with Crippen molar-refractivity contribution in [3.05, 3.63) is 33.9 Å². The molecule has 1 rings (SSSR count). The highest BCUT2D eigenvalue weighted by Gasteiger charge is 2.15. The van der Waals surface area contributed by atoms with Crippen LogP contribution in [0.15, 0.2) is 18.2 Å². The van der Waals surface area contributed by atoms with Crippen molar-refractivity contribution in [2.24, 2.45) is 5.73 Å². The summed E-state index contributed by atoms with van der Waals surface area (Å²) in [5.74, 6) is -0.488. The van der Waals surface area contributed by atoms with Gasteiger partial charge in [0.05, 0.1) is 17.1 Å². The zero-order chi connectivity index (χ0) is 11.4. The summed E-state index contributed by atoms with van der Waals surface area (Å²) in [6.45, 7) is 2.10. The first kappa shape index (κ1) is 11.0. The molecule has 1 aromatic rings. The van der Waals surface area contributed by atoms with Crippen LogP contribution in [0.4, 0.5) is 5.69 Å². The lowest BCUT2D eigenvalue weighted by Crippen LogP contribution is -2.13. The predicted octanol–water partition coefficient (Wildman–Crippen LogP) is 1.09. The molecule has 0 aliphatic carbocycles. The highest BCUT2D eigenvalue weighted by atomic mass is 16.6. The number of rotatable bonds is 4. The number of nitrogens with zero attached hydrogens (tertiary/aromatic N) is 1. The molecular formula is C9H10N2O4. The van der Waals surface area contributed by atoms with Crippen LogP contribution >= 0.6 is 0 Å². The van der Waals surface area contributed by atoms with Crippen molar-refractivity contribution in [1.82, 2.24) is 0 Å². The Kier molecular flexibility index (Phi) is 3.22. The van der Waals surface area contributed by atoms with E-state index in [9.17, 15) is 14.9 Å². The summed E-state index contributed by atoms with van der Waals surface area (Å²) in [6.07, 6.45) is 0. The second-order valence-corrected chi connectivity index (χ2v) is 2.73. The maximum atomic E-state index is 11.0. The highest BCUT2D eigenvalue weighted by molar-refractivity contribution is 5.96. The third-order valence-corrected chi connectivity index (χ3v) is 1.74. The summed E-state index contributed by atoms with van der Waals surface area (Å²) in [5.41, 5.74) is 4.90. The number of carbonyl (C=O) groups excluding carboxylic acids is 1. The number of ether oxygens (including phenoxy) is 1. The van der Waals surface area contributed by atoms with Gasteiger partial charge in [-0.25, -0.2) is 0 Å². The molecule has 0 atom stereocenters. The van der Waals surface area contributed by atoms with E-state index in [2.05, 4.69) is 0 Å². The van der Waals surface area contributed by atoms with Crippen molar-refractivity contribution in [3.8, 4) is 5.75 Å². The normalized spacial score (nSPS) is 9.67. The first-order chi connectivity index (χ1) is 7.06. The van der Waals surface area contributed by atoms with Crippen LogP contribution in [0.1, 0.15) is 17.3 Å². The lowest BCUT2D eigenvalue weighted by atomic mass is 10.1. The maximum Gasteiger partial charge on any atom is 0.270 e. The van der Waals surface area contributed by atoms with Crippen LogP contribution in [0.5, 0.6) is 5.75 Å². The zero-order valence-electron chi connectivity index (χ0n) is 8.10. The molecule has 6 heteroatoms. The molecule has 0 bridgehead atoms. The van der Waals surface area contributed by atoms with Gasteiger partial charge in [-0.05, 0) is 13.0 Å². The van der Waals surface area contributed by atoms with Crippen LogP contribution in [-0.4, -0.2) is 17.4 Å². The van der Waals surface area contributed by atoms with E-state index in [0.717, 1.165) is 6.07 Å². The summed E-state index contributed by atoms with van der Waals surface area (Å²) in [4.78, 5) is 20.9. The van der Waals surface area contributed by atoms with Gasteiger partial charge >= 0.3 is 0 Å². The zero-order valence-corrected chi connectivity index (χ0v) is 8.10. The van der Waals surface area contributed by atoms with E-state index in [0.29, 0.717) is 6.61 Å². The Morgan fingerprint density at radius 3 is 2.73 bits per heavy atom. The molecule has 0 saturated carbocycles. The van der Waals surface area contributed by atoms with E-state index >= 15 is 0 Å². The van der Waals surface area contributed by atoms with E-state index in [1.54, 1.807) is 6.92 Å². The summed E-state index contributed by atoms with van der Waals surface area (Å²) in [6, 6.07) is 3.73. The Morgan fingerprint density at radius 1 is 1.60 bits per heavy atom. The molecule has 0 heterocycles. The fourth-order valence-corrected chi connectivity index (χ4v) is 1.11. The molecule has 0 aromatic heterocycles. The van der Waals surface area contributed by atoms with Crippen molar-refractivity contribution >= 4 is 11.6 Å². The number of primary amides is 1. The van der Waals surface area contributed by atoms with Crippen LogP contribution < -0.4 is 10.5 Å². The number of carbonyl (C=O) groups is 1. The standard InChI is InChI=1S/C9H10N2O4/c1-2-15-8-4-3-6(11(13)14)5-7(8)9(10)12/h3-5H,2H2,1H3,(H2,10,12). The van der Waals surface area contributed by atoms with Gasteiger partial charge in [-0.1, -0.05) is 0 Å². The molecule has 0 fully saturated rings. The summed E-state index contributed by atoms with van der Waals surface area (Å²) in [5, 5.41) is 10.5. The van der Waals surface area contributed by atoms with Gasteiger partial charge in [0.25, 0.3) is 11.6 Å². The van der Waals surface area contributed by atoms with E-state index in [-0.39, 0.29) is 17.0 Å². The van der Waals surface area contributed by atoms with Gasteiger partial charge in [-0.3, -0.25) is 14.9 Å². The molecule has 0 aliphatic heterocycles. The van der Waals surface area contributed by atoms with Gasteiger partial charge in [-0.2, -0.15) is 0 Å². The lowest BCUT2D eigenvalue weighted by molar-refractivity contribution is -0.384. The van der Waals surface area contributed by atoms with Crippen LogP contribution in [0.25, 0.3) is 0 Å². The summed E-state index contributed by atoms with van der Waals surface area (Å²) >= 11 is 0. The molecule has 2 N–H and O–H groups in total. The second kappa shape index (κ2) is 4.41. The van der Waals surface area contributed by atoms with Gasteiger partial charge in [0.2, 0.25) is 0 Å². The molecule has 1 aromatic carbocycles. The summed E-state index contributed by atoms with van der Waals surface area (Å²) in [7, 11) is 0. The Labute approximate surface area is 85.8 Å². The van der Waals surface area contributed by atoms with Gasteiger partial charge in [0, 0.05) is 12.1 Å². The monoisotopic (exact) mass is 210 g/mol. The number of nitro benzene ring substituents is 1. The number of hydrogen-bond acceptors (Lipinski definition) is 4. The van der Waals surface area contributed by atoms with E-state index in [1.807, 2.05) is 0 Å². The number of amides is 1. The van der Waals surface area contributed by atoms with E-state index < -0.39 is 10.8 Å². The van der Waals surface area contributed by atoms with Crippen molar-refractivity contribution in [2.75, 3.05) is 6.61 Å². The third-order valence-electron chi connectivity index (χ3n) is 1.74. The van der Waals surface area contributed by atoms with Crippen molar-refractivity contribution in [2.45, 2.75) is 6.92 Å². The fraction of sp³-hybridized carbons (Fsp3) is 0.222. The minimum absolute atomic E-state index is 0.0195. The van der Waals surface area contributed by atoms with Gasteiger partial charge in [-0.15, -0.1) is 0 Å². The lowest BCUT2D eigenvalue weighted by Gasteiger charge is -2.06. The molecule has 0 aliphatic rings. The Bertz CT molecular complexity index is 403. The van der Waals surface area contributed by atoms with Crippen molar-refractivity contribution in [1.29, 1.82) is 0 Å². The maximum absolute atomic E-state index is 11.0. The topological polar surface area (TPSA) is 95.5 Å². The van der Waals surface area contributed by atoms with E-state index in [1.165, 1.54) is 12.1 Å². The molecule has 80 valence electrons. The van der Waals surface area contributed by atoms with Crippen LogP contribution in [0.3, 0.4) is 0 Å². The molecule has 0 unspecified atom stereocenters. The third kappa shape index (κ3) is 2.43. The highest BCUT2D eigenvalue weighted by Crippen LogP contribution is 2.23. The van der Waals surface area contributed by atoms with E-state index in [4.69, 9.17) is 10.5 Å². The molecule has 0 spiro atoms. The van der Waals surface area contributed by atoms with Crippen LogP contribution in [-0.2, 0) is 0 Å². The van der Waals surface area contributed by atoms with Crippen LogP contribution in [0, 0.1) is 10.1 Å². The van der Waals surface area contributed by atoms with Crippen molar-refractivity contribution < 1.29 is 14.5 Å². The number of non-ortho nitro benzene ring substituents is 1. The minimum atomic E-state index is -0.748. The second-order valence-electron chi connectivity index (χ2n) is 2.73. The molecule has 0 radical (unpaired) electrons. The van der Waals surface area contributed by atoms with Crippen molar-refractivity contribution in [3.63, 3.8) is 0 Å². The summed E-state index contributed by atoms with van der Waals surface area (Å²) < 4.78 is 5.11. The fourth-order valence-electron chi connectivity index (χ4n) is 1.11.